The number of nitrogens with one attached hydrogen (secondary N) is 2. The first-order chi connectivity index (χ1) is 11.5. The molecule has 1 amide bonds. The minimum atomic E-state index is -0.428. The lowest BCUT2D eigenvalue weighted by atomic mass is 10.2. The van der Waals surface area contributed by atoms with Crippen LogP contribution in [0.2, 0.25) is 5.02 Å². The number of carbonyl (C=O) groups is 1. The number of nitrogens with zero attached hydrogens (tertiary/aromatic N) is 1. The van der Waals surface area contributed by atoms with Gasteiger partial charge in [0.2, 0.25) is 0 Å². The molecule has 2 rings (SSSR count). The van der Waals surface area contributed by atoms with E-state index >= 15 is 0 Å². The molecule has 122 valence electrons. The SMILES string of the molecule is N#Cc1cccc(NC(=S)NC(=O)COc2ccc(Br)cc2Cl)c1. The third kappa shape index (κ3) is 5.49. The summed E-state index contributed by atoms with van der Waals surface area (Å²) in [5.74, 6) is -0.0291. The number of hydrogen-bond donors (Lipinski definition) is 2. The van der Waals surface area contributed by atoms with Gasteiger partial charge in [0, 0.05) is 10.2 Å². The topological polar surface area (TPSA) is 74.2 Å². The summed E-state index contributed by atoms with van der Waals surface area (Å²) < 4.78 is 6.16. The van der Waals surface area contributed by atoms with Crippen LogP contribution in [0.15, 0.2) is 46.9 Å². The van der Waals surface area contributed by atoms with E-state index in [2.05, 4.69) is 26.6 Å². The quantitative estimate of drug-likeness (QED) is 0.729. The Bertz CT molecular complexity index is 823. The fourth-order valence-corrected chi connectivity index (χ4v) is 2.69. The summed E-state index contributed by atoms with van der Waals surface area (Å²) in [6, 6.07) is 13.8. The van der Waals surface area contributed by atoms with Crippen molar-refractivity contribution in [3.8, 4) is 11.8 Å². The Labute approximate surface area is 157 Å². The van der Waals surface area contributed by atoms with Crippen molar-refractivity contribution in [1.82, 2.24) is 5.32 Å². The zero-order chi connectivity index (χ0) is 17.5. The molecule has 0 aromatic heterocycles. The standard InChI is InChI=1S/C16H11BrClN3O2S/c17-11-4-5-14(13(18)7-11)23-9-15(22)21-16(24)20-12-3-1-2-10(6-12)8-19/h1-7H,9H2,(H2,20,21,22,24). The van der Waals surface area contributed by atoms with Crippen molar-refractivity contribution in [3.63, 3.8) is 0 Å². The van der Waals surface area contributed by atoms with Crippen molar-refractivity contribution < 1.29 is 9.53 Å². The summed E-state index contributed by atoms with van der Waals surface area (Å²) in [6.07, 6.45) is 0. The normalized spacial score (nSPS) is 9.71. The number of halogens is 2. The van der Waals surface area contributed by atoms with Crippen molar-refractivity contribution >= 4 is 56.5 Å². The first-order valence-electron chi connectivity index (χ1n) is 6.67. The van der Waals surface area contributed by atoms with Crippen LogP contribution in [-0.4, -0.2) is 17.6 Å². The lowest BCUT2D eigenvalue weighted by Gasteiger charge is -2.11. The average Bonchev–Trinajstić information content (AvgIpc) is 2.54. The molecule has 0 spiro atoms. The molecular weight excluding hydrogens is 414 g/mol. The van der Waals surface area contributed by atoms with Gasteiger partial charge in [0.15, 0.2) is 11.7 Å². The zero-order valence-corrected chi connectivity index (χ0v) is 15.3. The fourth-order valence-electron chi connectivity index (χ4n) is 1.73. The highest BCUT2D eigenvalue weighted by Gasteiger charge is 2.08. The molecule has 0 aliphatic heterocycles. The van der Waals surface area contributed by atoms with Crippen molar-refractivity contribution in [1.29, 1.82) is 5.26 Å². The second-order valence-electron chi connectivity index (χ2n) is 4.56. The van der Waals surface area contributed by atoms with Crippen LogP contribution in [0.1, 0.15) is 5.56 Å². The average molecular weight is 425 g/mol. The number of amides is 1. The maximum absolute atomic E-state index is 11.9. The Balaban J connectivity index is 1.85. The first kappa shape index (κ1) is 18.2. The van der Waals surface area contributed by atoms with Crippen LogP contribution >= 0.6 is 39.7 Å². The molecule has 5 nitrogen and oxygen atoms in total. The second kappa shape index (κ2) is 8.64. The van der Waals surface area contributed by atoms with Crippen molar-refractivity contribution in [2.24, 2.45) is 0 Å². The van der Waals surface area contributed by atoms with Gasteiger partial charge in [0.25, 0.3) is 5.91 Å². The first-order valence-corrected chi connectivity index (χ1v) is 8.24. The smallest absolute Gasteiger partial charge is 0.264 e. The molecule has 0 aliphatic rings. The van der Waals surface area contributed by atoms with E-state index in [1.807, 2.05) is 6.07 Å². The third-order valence-corrected chi connectivity index (χ3v) is 3.75. The Morgan fingerprint density at radius 1 is 1.33 bits per heavy atom. The van der Waals surface area contributed by atoms with Gasteiger partial charge >= 0.3 is 0 Å². The maximum atomic E-state index is 11.9. The molecule has 2 N–H and O–H groups in total. The van der Waals surface area contributed by atoms with E-state index in [1.165, 1.54) is 0 Å². The third-order valence-electron chi connectivity index (χ3n) is 2.76. The molecule has 0 atom stereocenters. The molecule has 0 heterocycles. The molecule has 24 heavy (non-hydrogen) atoms. The largest absolute Gasteiger partial charge is 0.482 e. The molecular formula is C16H11BrClN3O2S. The van der Waals surface area contributed by atoms with Crippen LogP contribution in [0.5, 0.6) is 5.75 Å². The van der Waals surface area contributed by atoms with Gasteiger partial charge in [-0.3, -0.25) is 10.1 Å². The number of anilines is 1. The maximum Gasteiger partial charge on any atom is 0.264 e. The van der Waals surface area contributed by atoms with Crippen LogP contribution < -0.4 is 15.4 Å². The Morgan fingerprint density at radius 3 is 2.83 bits per heavy atom. The number of nitriles is 1. The van der Waals surface area contributed by atoms with Crippen molar-refractivity contribution in [3.05, 3.63) is 57.5 Å². The molecule has 2 aromatic rings. The Kier molecular flexibility index (Phi) is 6.55. The van der Waals surface area contributed by atoms with Gasteiger partial charge in [0.05, 0.1) is 16.7 Å². The van der Waals surface area contributed by atoms with Crippen LogP contribution in [0.3, 0.4) is 0 Å². The van der Waals surface area contributed by atoms with Gasteiger partial charge in [-0.05, 0) is 48.6 Å². The molecule has 0 aliphatic carbocycles. The molecule has 8 heteroatoms. The van der Waals surface area contributed by atoms with E-state index in [0.29, 0.717) is 22.0 Å². The zero-order valence-electron chi connectivity index (χ0n) is 12.2. The van der Waals surface area contributed by atoms with Gasteiger partial charge in [-0.2, -0.15) is 5.26 Å². The minimum Gasteiger partial charge on any atom is -0.482 e. The van der Waals surface area contributed by atoms with Crippen molar-refractivity contribution in [2.75, 3.05) is 11.9 Å². The van der Waals surface area contributed by atoms with Gasteiger partial charge in [-0.25, -0.2) is 0 Å². The lowest BCUT2D eigenvalue weighted by Crippen LogP contribution is -2.37. The predicted molar refractivity (Wildman–Crippen MR) is 100 cm³/mol. The summed E-state index contributed by atoms with van der Waals surface area (Å²) >= 11 is 14.3. The van der Waals surface area contributed by atoms with E-state index < -0.39 is 5.91 Å². The Hall–Kier alpha value is -2.14. The fraction of sp³-hybridized carbons (Fsp3) is 0.0625. The predicted octanol–water partition coefficient (Wildman–Crippen LogP) is 3.87. The van der Waals surface area contributed by atoms with E-state index in [0.717, 1.165) is 4.47 Å². The monoisotopic (exact) mass is 423 g/mol. The molecule has 0 fully saturated rings. The second-order valence-corrected chi connectivity index (χ2v) is 6.29. The van der Waals surface area contributed by atoms with Gasteiger partial charge < -0.3 is 10.1 Å². The number of ether oxygens (including phenoxy) is 1. The van der Waals surface area contributed by atoms with Crippen molar-refractivity contribution in [2.45, 2.75) is 0 Å². The van der Waals surface area contributed by atoms with Crippen LogP contribution in [0.25, 0.3) is 0 Å². The summed E-state index contributed by atoms with van der Waals surface area (Å²) in [5.41, 5.74) is 1.10. The van der Waals surface area contributed by atoms with Gasteiger partial charge in [-0.15, -0.1) is 0 Å². The van der Waals surface area contributed by atoms with Gasteiger partial charge in [-0.1, -0.05) is 33.6 Å². The number of benzene rings is 2. The molecule has 0 unspecified atom stereocenters. The highest BCUT2D eigenvalue weighted by Crippen LogP contribution is 2.27. The molecule has 0 saturated heterocycles. The van der Waals surface area contributed by atoms with Crippen LogP contribution in [0, 0.1) is 11.3 Å². The lowest BCUT2D eigenvalue weighted by molar-refractivity contribution is -0.121. The van der Waals surface area contributed by atoms with E-state index in [4.69, 9.17) is 33.8 Å². The van der Waals surface area contributed by atoms with E-state index in [1.54, 1.807) is 42.5 Å². The number of rotatable bonds is 4. The van der Waals surface area contributed by atoms with Gasteiger partial charge in [0.1, 0.15) is 5.75 Å². The minimum absolute atomic E-state index is 0.112. The number of thiocarbonyl (C=S) groups is 1. The van der Waals surface area contributed by atoms with Crippen LogP contribution in [-0.2, 0) is 4.79 Å². The molecule has 0 saturated carbocycles. The molecule has 2 aromatic carbocycles. The molecule has 0 radical (unpaired) electrons. The summed E-state index contributed by atoms with van der Waals surface area (Å²) in [5, 5.41) is 14.7. The highest BCUT2D eigenvalue weighted by molar-refractivity contribution is 9.10. The van der Waals surface area contributed by atoms with Crippen LogP contribution in [0.4, 0.5) is 5.69 Å². The number of hydrogen-bond acceptors (Lipinski definition) is 4. The summed E-state index contributed by atoms with van der Waals surface area (Å²) in [7, 11) is 0. The van der Waals surface area contributed by atoms with E-state index in [9.17, 15) is 4.79 Å². The van der Waals surface area contributed by atoms with E-state index in [-0.39, 0.29) is 11.7 Å². The highest BCUT2D eigenvalue weighted by atomic mass is 79.9. The summed E-state index contributed by atoms with van der Waals surface area (Å²) in [4.78, 5) is 11.9. The Morgan fingerprint density at radius 2 is 2.12 bits per heavy atom. The summed E-state index contributed by atoms with van der Waals surface area (Å²) in [6.45, 7) is -0.235. The number of carbonyl (C=O) groups excluding carboxylic acids is 1. The molecule has 0 bridgehead atoms.